The molecule has 2 N–H and O–H groups in total. The number of ether oxygens (including phenoxy) is 1. The number of hydrogen-bond acceptors (Lipinski definition) is 6. The molecule has 0 spiro atoms. The lowest BCUT2D eigenvalue weighted by molar-refractivity contribution is -0.119. The predicted molar refractivity (Wildman–Crippen MR) is 75.4 cm³/mol. The SMILES string of the molecule is C#CCNC(=O)CNc1cc(N2CCOCC2)ncn1. The Morgan fingerprint density at radius 1 is 1.45 bits per heavy atom. The van der Waals surface area contributed by atoms with Gasteiger partial charge in [-0.25, -0.2) is 9.97 Å². The van der Waals surface area contributed by atoms with Gasteiger partial charge in [0.05, 0.1) is 26.3 Å². The zero-order chi connectivity index (χ0) is 14.2. The van der Waals surface area contributed by atoms with Crippen molar-refractivity contribution >= 4 is 17.5 Å². The number of anilines is 2. The largest absolute Gasteiger partial charge is 0.378 e. The van der Waals surface area contributed by atoms with Gasteiger partial charge in [-0.15, -0.1) is 6.42 Å². The molecule has 2 rings (SSSR count). The quantitative estimate of drug-likeness (QED) is 0.704. The van der Waals surface area contributed by atoms with Crippen LogP contribution in [0.3, 0.4) is 0 Å². The molecule has 7 heteroatoms. The normalized spacial score (nSPS) is 14.4. The second-order valence-corrected chi connectivity index (χ2v) is 4.20. The van der Waals surface area contributed by atoms with Crippen molar-refractivity contribution in [1.29, 1.82) is 0 Å². The Bertz CT molecular complexity index is 494. The fourth-order valence-electron chi connectivity index (χ4n) is 1.79. The molecule has 1 aromatic rings. The van der Waals surface area contributed by atoms with Crippen LogP contribution < -0.4 is 15.5 Å². The first-order valence-electron chi connectivity index (χ1n) is 6.38. The Balaban J connectivity index is 1.89. The van der Waals surface area contributed by atoms with Gasteiger partial charge in [0.2, 0.25) is 5.91 Å². The Labute approximate surface area is 117 Å². The number of nitrogens with one attached hydrogen (secondary N) is 2. The summed E-state index contributed by atoms with van der Waals surface area (Å²) in [6.07, 6.45) is 6.54. The highest BCUT2D eigenvalue weighted by atomic mass is 16.5. The van der Waals surface area contributed by atoms with Gasteiger partial charge in [-0.2, -0.15) is 0 Å². The predicted octanol–water partition coefficient (Wildman–Crippen LogP) is -0.525. The summed E-state index contributed by atoms with van der Waals surface area (Å²) < 4.78 is 5.30. The summed E-state index contributed by atoms with van der Waals surface area (Å²) in [6, 6.07) is 1.82. The summed E-state index contributed by atoms with van der Waals surface area (Å²) in [6.45, 7) is 3.35. The van der Waals surface area contributed by atoms with Gasteiger partial charge in [0.25, 0.3) is 0 Å². The number of terminal acetylenes is 1. The van der Waals surface area contributed by atoms with Crippen molar-refractivity contribution in [3.05, 3.63) is 12.4 Å². The molecule has 0 aliphatic carbocycles. The van der Waals surface area contributed by atoms with E-state index >= 15 is 0 Å². The molecule has 7 nitrogen and oxygen atoms in total. The molecule has 1 aromatic heterocycles. The number of amides is 1. The smallest absolute Gasteiger partial charge is 0.240 e. The average Bonchev–Trinajstić information content (AvgIpc) is 2.52. The minimum Gasteiger partial charge on any atom is -0.378 e. The molecule has 0 unspecified atom stereocenters. The number of morpholine rings is 1. The molecule has 1 saturated heterocycles. The van der Waals surface area contributed by atoms with E-state index in [1.807, 2.05) is 6.07 Å². The maximum absolute atomic E-state index is 11.4. The maximum atomic E-state index is 11.4. The minimum absolute atomic E-state index is 0.126. The minimum atomic E-state index is -0.172. The number of carbonyl (C=O) groups excluding carboxylic acids is 1. The van der Waals surface area contributed by atoms with Gasteiger partial charge in [-0.1, -0.05) is 5.92 Å². The van der Waals surface area contributed by atoms with E-state index < -0.39 is 0 Å². The third-order valence-corrected chi connectivity index (χ3v) is 2.81. The first kappa shape index (κ1) is 14.1. The van der Waals surface area contributed by atoms with Crippen LogP contribution in [0.1, 0.15) is 0 Å². The lowest BCUT2D eigenvalue weighted by Crippen LogP contribution is -2.36. The lowest BCUT2D eigenvalue weighted by atomic mass is 10.4. The van der Waals surface area contributed by atoms with Crippen molar-refractivity contribution in [3.8, 4) is 12.3 Å². The van der Waals surface area contributed by atoms with E-state index in [9.17, 15) is 4.79 Å². The van der Waals surface area contributed by atoms with E-state index in [-0.39, 0.29) is 19.0 Å². The Morgan fingerprint density at radius 3 is 3.00 bits per heavy atom. The molecule has 0 radical (unpaired) electrons. The van der Waals surface area contributed by atoms with Gasteiger partial charge in [0.15, 0.2) is 0 Å². The summed E-state index contributed by atoms with van der Waals surface area (Å²) in [4.78, 5) is 21.9. The topological polar surface area (TPSA) is 79.4 Å². The highest BCUT2D eigenvalue weighted by molar-refractivity contribution is 5.80. The highest BCUT2D eigenvalue weighted by Crippen LogP contribution is 2.15. The molecule has 0 saturated carbocycles. The molecule has 1 fully saturated rings. The highest BCUT2D eigenvalue weighted by Gasteiger charge is 2.13. The molecular formula is C13H17N5O2. The van der Waals surface area contributed by atoms with Crippen LogP contribution >= 0.6 is 0 Å². The number of hydrogen-bond donors (Lipinski definition) is 2. The lowest BCUT2D eigenvalue weighted by Gasteiger charge is -2.27. The number of nitrogens with zero attached hydrogens (tertiary/aromatic N) is 3. The fraction of sp³-hybridized carbons (Fsp3) is 0.462. The van der Waals surface area contributed by atoms with E-state index in [0.717, 1.165) is 18.9 Å². The van der Waals surface area contributed by atoms with Gasteiger partial charge in [0, 0.05) is 19.2 Å². The van der Waals surface area contributed by atoms with E-state index in [0.29, 0.717) is 19.0 Å². The van der Waals surface area contributed by atoms with Gasteiger partial charge >= 0.3 is 0 Å². The average molecular weight is 275 g/mol. The van der Waals surface area contributed by atoms with Crippen molar-refractivity contribution < 1.29 is 9.53 Å². The van der Waals surface area contributed by atoms with Gasteiger partial charge in [-0.3, -0.25) is 4.79 Å². The van der Waals surface area contributed by atoms with Gasteiger partial charge in [0.1, 0.15) is 18.0 Å². The fourth-order valence-corrected chi connectivity index (χ4v) is 1.79. The molecule has 0 aromatic carbocycles. The van der Waals surface area contributed by atoms with Crippen molar-refractivity contribution in [2.45, 2.75) is 0 Å². The third kappa shape index (κ3) is 4.10. The maximum Gasteiger partial charge on any atom is 0.240 e. The van der Waals surface area contributed by atoms with E-state index in [1.54, 1.807) is 0 Å². The second kappa shape index (κ2) is 7.31. The first-order valence-corrected chi connectivity index (χ1v) is 6.38. The zero-order valence-electron chi connectivity index (χ0n) is 11.1. The third-order valence-electron chi connectivity index (χ3n) is 2.81. The van der Waals surface area contributed by atoms with Gasteiger partial charge in [-0.05, 0) is 0 Å². The number of carbonyl (C=O) groups is 1. The van der Waals surface area contributed by atoms with Crippen LogP contribution in [0.2, 0.25) is 0 Å². The summed E-state index contributed by atoms with van der Waals surface area (Å²) in [5.41, 5.74) is 0. The zero-order valence-corrected chi connectivity index (χ0v) is 11.1. The molecule has 1 amide bonds. The monoisotopic (exact) mass is 275 g/mol. The van der Waals surface area contributed by atoms with Crippen LogP contribution in [0.5, 0.6) is 0 Å². The standard InChI is InChI=1S/C13H17N5O2/c1-2-3-14-13(19)9-15-11-8-12(17-10-16-11)18-4-6-20-7-5-18/h1,8,10H,3-7,9H2,(H,14,19)(H,15,16,17). The van der Waals surface area contributed by atoms with Crippen LogP contribution in [0, 0.1) is 12.3 Å². The molecule has 0 bridgehead atoms. The molecular weight excluding hydrogens is 258 g/mol. The van der Waals surface area contributed by atoms with Crippen molar-refractivity contribution in [3.63, 3.8) is 0 Å². The van der Waals surface area contributed by atoms with Crippen molar-refractivity contribution in [2.75, 3.05) is 49.6 Å². The Morgan fingerprint density at radius 2 is 2.25 bits per heavy atom. The molecule has 1 aliphatic rings. The van der Waals surface area contributed by atoms with Crippen LogP contribution in [0.25, 0.3) is 0 Å². The van der Waals surface area contributed by atoms with E-state index in [2.05, 4.69) is 31.4 Å². The van der Waals surface area contributed by atoms with Crippen LogP contribution in [-0.4, -0.2) is 55.3 Å². The summed E-state index contributed by atoms with van der Waals surface area (Å²) in [5.74, 6) is 3.61. The molecule has 1 aliphatic heterocycles. The van der Waals surface area contributed by atoms with E-state index in [1.165, 1.54) is 6.33 Å². The molecule has 20 heavy (non-hydrogen) atoms. The molecule has 0 atom stereocenters. The van der Waals surface area contributed by atoms with Crippen LogP contribution in [0.15, 0.2) is 12.4 Å². The Hall–Kier alpha value is -2.33. The molecule has 2 heterocycles. The summed E-state index contributed by atoms with van der Waals surface area (Å²) in [5, 5.41) is 5.52. The van der Waals surface area contributed by atoms with Crippen molar-refractivity contribution in [1.82, 2.24) is 15.3 Å². The first-order chi connectivity index (χ1) is 9.79. The number of aromatic nitrogens is 2. The number of rotatable bonds is 5. The Kier molecular flexibility index (Phi) is 5.15. The summed E-state index contributed by atoms with van der Waals surface area (Å²) in [7, 11) is 0. The van der Waals surface area contributed by atoms with Crippen LogP contribution in [-0.2, 0) is 9.53 Å². The van der Waals surface area contributed by atoms with Crippen molar-refractivity contribution in [2.24, 2.45) is 0 Å². The summed E-state index contributed by atoms with van der Waals surface area (Å²) >= 11 is 0. The van der Waals surface area contributed by atoms with Crippen LogP contribution in [0.4, 0.5) is 11.6 Å². The van der Waals surface area contributed by atoms with Gasteiger partial charge < -0.3 is 20.3 Å². The molecule has 106 valence electrons. The second-order valence-electron chi connectivity index (χ2n) is 4.20. The van der Waals surface area contributed by atoms with E-state index in [4.69, 9.17) is 11.2 Å².